The number of aliphatic hydroxyl groups is 2. The van der Waals surface area contributed by atoms with Gasteiger partial charge in [0.2, 0.25) is 6.29 Å². The monoisotopic (exact) mass is 463 g/mol. The molecule has 0 aliphatic rings. The second kappa shape index (κ2) is 13.1. The van der Waals surface area contributed by atoms with E-state index >= 15 is 0 Å². The van der Waals surface area contributed by atoms with Crippen LogP contribution in [-0.2, 0) is 4.79 Å². The predicted octanol–water partition coefficient (Wildman–Crippen LogP) is 3.88. The first-order valence-corrected chi connectivity index (χ1v) is 11.2. The van der Waals surface area contributed by atoms with E-state index in [-0.39, 0.29) is 31.4 Å². The Hall–Kier alpha value is -2.68. The van der Waals surface area contributed by atoms with Crippen molar-refractivity contribution in [2.24, 2.45) is 0 Å². The molecule has 3 atom stereocenters. The van der Waals surface area contributed by atoms with Gasteiger partial charge in [-0.2, -0.15) is 0 Å². The summed E-state index contributed by atoms with van der Waals surface area (Å²) < 4.78 is 25.2. The first-order chi connectivity index (χ1) is 15.7. The van der Waals surface area contributed by atoms with Crippen LogP contribution in [0.2, 0.25) is 0 Å². The Morgan fingerprint density at radius 2 is 1.79 bits per heavy atom. The molecule has 0 heterocycles. The van der Waals surface area contributed by atoms with Crippen molar-refractivity contribution in [3.63, 3.8) is 0 Å². The number of ether oxygens (including phenoxy) is 2. The van der Waals surface area contributed by atoms with Gasteiger partial charge in [-0.25, -0.2) is 4.39 Å². The van der Waals surface area contributed by atoms with E-state index in [1.165, 1.54) is 12.1 Å². The van der Waals surface area contributed by atoms with E-state index in [9.17, 15) is 19.4 Å². The zero-order valence-electron chi connectivity index (χ0n) is 19.4. The normalized spacial score (nSPS) is 13.9. The maximum absolute atomic E-state index is 13.2. The van der Waals surface area contributed by atoms with Crippen molar-refractivity contribution in [1.82, 2.24) is 5.32 Å². The molecule has 0 aliphatic heterocycles. The number of hydrogen-bond acceptors (Lipinski definition) is 6. The molecular weight excluding hydrogens is 429 g/mol. The predicted molar refractivity (Wildman–Crippen MR) is 123 cm³/mol. The number of carboxylic acids is 1. The quantitative estimate of drug-likeness (QED) is 0.315. The molecule has 0 aliphatic carbocycles. The Balaban J connectivity index is 2.02. The van der Waals surface area contributed by atoms with E-state index in [2.05, 4.69) is 5.32 Å². The number of hydrogen-bond donors (Lipinski definition) is 4. The average Bonchev–Trinajstić information content (AvgIpc) is 2.75. The van der Waals surface area contributed by atoms with Gasteiger partial charge >= 0.3 is 5.97 Å². The van der Waals surface area contributed by atoms with Crippen molar-refractivity contribution < 1.29 is 34.0 Å². The smallest absolute Gasteiger partial charge is 0.303 e. The van der Waals surface area contributed by atoms with Crippen molar-refractivity contribution in [3.05, 3.63) is 58.9 Å². The lowest BCUT2D eigenvalue weighted by Gasteiger charge is -2.25. The number of nitrogens with one attached hydrogen (secondary N) is 1. The Morgan fingerprint density at radius 3 is 2.42 bits per heavy atom. The molecule has 0 saturated heterocycles. The Bertz CT molecular complexity index is 889. The van der Waals surface area contributed by atoms with Crippen LogP contribution in [0.25, 0.3) is 0 Å². The number of benzene rings is 2. The molecule has 7 nitrogen and oxygen atoms in total. The van der Waals surface area contributed by atoms with Crippen LogP contribution in [-0.4, -0.2) is 46.8 Å². The summed E-state index contributed by atoms with van der Waals surface area (Å²) in [5.41, 5.74) is 2.65. The first kappa shape index (κ1) is 26.6. The molecule has 2 aromatic carbocycles. The van der Waals surface area contributed by atoms with Crippen LogP contribution in [0.3, 0.4) is 0 Å². The van der Waals surface area contributed by atoms with Crippen molar-refractivity contribution >= 4 is 5.97 Å². The number of carbonyl (C=O) groups is 1. The third-order valence-corrected chi connectivity index (χ3v) is 5.14. The van der Waals surface area contributed by atoms with Gasteiger partial charge in [0.15, 0.2) is 0 Å². The second-order valence-electron chi connectivity index (χ2n) is 8.14. The number of aliphatic carboxylic acids is 1. The third kappa shape index (κ3) is 9.00. The Labute approximate surface area is 194 Å². The lowest BCUT2D eigenvalue weighted by molar-refractivity contribution is -0.137. The fourth-order valence-electron chi connectivity index (χ4n) is 3.57. The van der Waals surface area contributed by atoms with Gasteiger partial charge in [-0.3, -0.25) is 4.79 Å². The number of aryl methyl sites for hydroxylation is 2. The second-order valence-corrected chi connectivity index (χ2v) is 8.14. The lowest BCUT2D eigenvalue weighted by atomic mass is 9.99. The standard InChI is InChI=1S/C25H34FNO6/c1-4-22(32-20-10-8-18(26)9-11-20)21-13-16(2)12-17(3)25(21)33-24(31)15-27-14-19(28)6-5-7-23(29)30/h8-13,19,22,24,27-28,31H,4-7,14-15H2,1-3H3,(H,29,30)/t19-,22+,24?/m0/s1. The maximum Gasteiger partial charge on any atom is 0.303 e. The average molecular weight is 464 g/mol. The van der Waals surface area contributed by atoms with Crippen molar-refractivity contribution in [2.75, 3.05) is 13.1 Å². The van der Waals surface area contributed by atoms with Crippen LogP contribution in [0.4, 0.5) is 4.39 Å². The van der Waals surface area contributed by atoms with Crippen LogP contribution >= 0.6 is 0 Å². The fourth-order valence-corrected chi connectivity index (χ4v) is 3.57. The summed E-state index contributed by atoms with van der Waals surface area (Å²) in [5.74, 6) is -0.177. The number of carboxylic acid groups (broad SMARTS) is 1. The lowest BCUT2D eigenvalue weighted by Crippen LogP contribution is -2.36. The van der Waals surface area contributed by atoms with Gasteiger partial charge in [-0.1, -0.05) is 18.6 Å². The van der Waals surface area contributed by atoms with Gasteiger partial charge in [-0.15, -0.1) is 0 Å². The minimum absolute atomic E-state index is 0.0108. The SMILES string of the molecule is CC[C@@H](Oc1ccc(F)cc1)c1cc(C)cc(C)c1OC(O)CNC[C@@H](O)CCCC(=O)O. The largest absolute Gasteiger partial charge is 0.486 e. The molecule has 0 spiro atoms. The summed E-state index contributed by atoms with van der Waals surface area (Å²) in [5, 5.41) is 32.0. The molecule has 0 saturated carbocycles. The highest BCUT2D eigenvalue weighted by Crippen LogP contribution is 2.35. The molecule has 0 bridgehead atoms. The van der Waals surface area contributed by atoms with E-state index in [4.69, 9.17) is 14.6 Å². The van der Waals surface area contributed by atoms with Crippen molar-refractivity contribution in [1.29, 1.82) is 0 Å². The molecule has 8 heteroatoms. The van der Waals surface area contributed by atoms with E-state index in [0.717, 1.165) is 16.7 Å². The molecule has 0 amide bonds. The van der Waals surface area contributed by atoms with Gasteiger partial charge in [0.25, 0.3) is 0 Å². The highest BCUT2D eigenvalue weighted by Gasteiger charge is 2.21. The Morgan fingerprint density at radius 1 is 1.09 bits per heavy atom. The first-order valence-electron chi connectivity index (χ1n) is 11.2. The van der Waals surface area contributed by atoms with Crippen molar-refractivity contribution in [3.8, 4) is 11.5 Å². The zero-order chi connectivity index (χ0) is 24.4. The minimum Gasteiger partial charge on any atom is -0.486 e. The van der Waals surface area contributed by atoms with E-state index in [1.54, 1.807) is 12.1 Å². The molecule has 0 aromatic heterocycles. The van der Waals surface area contributed by atoms with Crippen molar-refractivity contribution in [2.45, 2.75) is 65.0 Å². The molecule has 4 N–H and O–H groups in total. The van der Waals surface area contributed by atoms with Crippen LogP contribution in [0, 0.1) is 19.7 Å². The summed E-state index contributed by atoms with van der Waals surface area (Å²) >= 11 is 0. The molecule has 2 aromatic rings. The zero-order valence-corrected chi connectivity index (χ0v) is 19.4. The highest BCUT2D eigenvalue weighted by molar-refractivity contribution is 5.66. The summed E-state index contributed by atoms with van der Waals surface area (Å²) in [4.78, 5) is 10.5. The summed E-state index contributed by atoms with van der Waals surface area (Å²) in [6.07, 6.45) is -0.849. The van der Waals surface area contributed by atoms with E-state index in [0.29, 0.717) is 30.8 Å². The summed E-state index contributed by atoms with van der Waals surface area (Å²) in [6.45, 7) is 6.13. The number of aliphatic hydroxyl groups excluding tert-OH is 2. The fraction of sp³-hybridized carbons (Fsp3) is 0.480. The summed E-state index contributed by atoms with van der Waals surface area (Å²) in [7, 11) is 0. The molecule has 182 valence electrons. The molecular formula is C25H34FNO6. The maximum atomic E-state index is 13.2. The van der Waals surface area contributed by atoms with Crippen LogP contribution in [0.1, 0.15) is 55.4 Å². The van der Waals surface area contributed by atoms with Crippen LogP contribution < -0.4 is 14.8 Å². The molecule has 0 fully saturated rings. The van der Waals surface area contributed by atoms with Gasteiger partial charge < -0.3 is 30.1 Å². The highest BCUT2D eigenvalue weighted by atomic mass is 19.1. The van der Waals surface area contributed by atoms with Crippen LogP contribution in [0.5, 0.6) is 11.5 Å². The third-order valence-electron chi connectivity index (χ3n) is 5.14. The van der Waals surface area contributed by atoms with Gasteiger partial charge in [0, 0.05) is 18.5 Å². The summed E-state index contributed by atoms with van der Waals surface area (Å²) in [6, 6.07) is 9.73. The van der Waals surface area contributed by atoms with Gasteiger partial charge in [0.1, 0.15) is 23.4 Å². The van der Waals surface area contributed by atoms with E-state index in [1.807, 2.05) is 32.9 Å². The number of halogens is 1. The molecule has 0 radical (unpaired) electrons. The number of rotatable bonds is 14. The van der Waals surface area contributed by atoms with Crippen LogP contribution in [0.15, 0.2) is 36.4 Å². The molecule has 2 rings (SSSR count). The minimum atomic E-state index is -1.17. The van der Waals surface area contributed by atoms with E-state index < -0.39 is 18.4 Å². The Kier molecular flexibility index (Phi) is 10.6. The topological polar surface area (TPSA) is 108 Å². The molecule has 33 heavy (non-hydrogen) atoms. The molecule has 1 unspecified atom stereocenters. The van der Waals surface area contributed by atoms with Gasteiger partial charge in [-0.05, 0) is 69.0 Å². The van der Waals surface area contributed by atoms with Gasteiger partial charge in [0.05, 0.1) is 12.6 Å².